The Morgan fingerprint density at radius 1 is 1.23 bits per heavy atom. The van der Waals surface area contributed by atoms with Crippen molar-refractivity contribution in [2.75, 3.05) is 20.0 Å². The minimum absolute atomic E-state index is 0.108. The number of methoxy groups -OCH3 is 2. The summed E-state index contributed by atoms with van der Waals surface area (Å²) in [5.41, 5.74) is 0.627. The van der Waals surface area contributed by atoms with Gasteiger partial charge in [0.1, 0.15) is 5.03 Å². The normalized spacial score (nSPS) is 15.8. The summed E-state index contributed by atoms with van der Waals surface area (Å²) >= 11 is 8.48. The highest BCUT2D eigenvalue weighted by atomic mass is 35.5. The quantitative estimate of drug-likeness (QED) is 0.328. The number of amides is 1. The molecule has 0 saturated carbocycles. The van der Waals surface area contributed by atoms with Gasteiger partial charge >= 0.3 is 6.18 Å². The molecule has 0 fully saturated rings. The molecule has 184 valence electrons. The summed E-state index contributed by atoms with van der Waals surface area (Å²) in [6, 6.07) is 9.67. The molecule has 1 aliphatic heterocycles. The maximum atomic E-state index is 13.2. The first-order valence-electron chi connectivity index (χ1n) is 10.2. The zero-order chi connectivity index (χ0) is 25.2. The van der Waals surface area contributed by atoms with Gasteiger partial charge in [-0.2, -0.15) is 18.3 Å². The molecule has 0 radical (unpaired) electrons. The predicted octanol–water partition coefficient (Wildman–Crippen LogP) is 6.30. The van der Waals surface area contributed by atoms with Crippen LogP contribution < -0.4 is 9.47 Å². The summed E-state index contributed by atoms with van der Waals surface area (Å²) in [6.45, 7) is 0. The monoisotopic (exact) mass is 541 g/mol. The number of hydrogen-bond acceptors (Lipinski definition) is 7. The highest BCUT2D eigenvalue weighted by Gasteiger charge is 2.35. The van der Waals surface area contributed by atoms with Gasteiger partial charge in [0, 0.05) is 12.6 Å². The van der Waals surface area contributed by atoms with Crippen LogP contribution in [0.4, 0.5) is 13.2 Å². The fraction of sp³-hybridized carbons (Fsp3) is 0.261. The number of thiophene rings is 1. The second-order valence-electron chi connectivity index (χ2n) is 7.39. The lowest BCUT2D eigenvalue weighted by atomic mass is 10.0. The van der Waals surface area contributed by atoms with E-state index in [1.165, 1.54) is 23.5 Å². The summed E-state index contributed by atoms with van der Waals surface area (Å²) < 4.78 is 49.4. The first-order valence-corrected chi connectivity index (χ1v) is 12.5. The summed E-state index contributed by atoms with van der Waals surface area (Å²) in [5, 5.41) is 7.90. The second-order valence-corrected chi connectivity index (χ2v) is 9.71. The average Bonchev–Trinajstić information content (AvgIpc) is 3.52. The Morgan fingerprint density at radius 3 is 2.63 bits per heavy atom. The zero-order valence-electron chi connectivity index (χ0n) is 18.5. The van der Waals surface area contributed by atoms with Crippen LogP contribution >= 0.6 is 34.7 Å². The molecule has 0 bridgehead atoms. The van der Waals surface area contributed by atoms with E-state index in [0.29, 0.717) is 24.1 Å². The maximum Gasteiger partial charge on any atom is 0.417 e. The average molecular weight is 542 g/mol. The largest absolute Gasteiger partial charge is 0.493 e. The molecule has 2 aromatic heterocycles. The number of alkyl halides is 3. The van der Waals surface area contributed by atoms with E-state index in [0.717, 1.165) is 34.0 Å². The van der Waals surface area contributed by atoms with Crippen molar-refractivity contribution in [1.29, 1.82) is 0 Å². The number of benzene rings is 1. The van der Waals surface area contributed by atoms with E-state index < -0.39 is 17.8 Å². The first kappa shape index (κ1) is 25.3. The van der Waals surface area contributed by atoms with E-state index in [9.17, 15) is 18.0 Å². The maximum absolute atomic E-state index is 13.2. The molecule has 1 aromatic carbocycles. The van der Waals surface area contributed by atoms with Crippen LogP contribution in [0.1, 0.15) is 28.5 Å². The number of rotatable bonds is 7. The number of carbonyl (C=O) groups is 1. The Hall–Kier alpha value is -2.76. The molecule has 3 aromatic rings. The van der Waals surface area contributed by atoms with Gasteiger partial charge in [-0.1, -0.05) is 35.5 Å². The number of hydrogen-bond donors (Lipinski definition) is 0. The summed E-state index contributed by atoms with van der Waals surface area (Å²) in [5.74, 6) is 0.643. The SMILES string of the molecule is COc1ccc([C@H]2CC(c3cccs3)=NN2C(=O)CSc2ncc(C(F)(F)F)cc2Cl)cc1OC. The number of ether oxygens (including phenoxy) is 2. The summed E-state index contributed by atoms with van der Waals surface area (Å²) in [4.78, 5) is 18.0. The van der Waals surface area contributed by atoms with Gasteiger partial charge in [-0.25, -0.2) is 9.99 Å². The van der Waals surface area contributed by atoms with E-state index in [1.54, 1.807) is 19.2 Å². The molecule has 3 heterocycles. The molecular formula is C23H19ClF3N3O3S2. The van der Waals surface area contributed by atoms with Crippen LogP contribution in [0, 0.1) is 0 Å². The number of carbonyl (C=O) groups excluding carboxylic acids is 1. The highest BCUT2D eigenvalue weighted by molar-refractivity contribution is 8.00. The van der Waals surface area contributed by atoms with Crippen LogP contribution in [0.3, 0.4) is 0 Å². The van der Waals surface area contributed by atoms with E-state index in [4.69, 9.17) is 21.1 Å². The van der Waals surface area contributed by atoms with Crippen molar-refractivity contribution < 1.29 is 27.4 Å². The standard InChI is InChI=1S/C23H19ClF3N3O3S2/c1-32-18-6-5-13(8-19(18)33-2)17-10-16(20-4-3-7-34-20)29-30(17)21(31)12-35-22-15(24)9-14(11-28-22)23(25,26)27/h3-9,11,17H,10,12H2,1-2H3/t17-/m1/s1. The van der Waals surface area contributed by atoms with Gasteiger partial charge in [-0.15, -0.1) is 11.3 Å². The Kier molecular flexibility index (Phi) is 7.58. The number of aromatic nitrogens is 1. The van der Waals surface area contributed by atoms with E-state index in [1.807, 2.05) is 23.6 Å². The van der Waals surface area contributed by atoms with E-state index in [-0.39, 0.29) is 21.7 Å². The van der Waals surface area contributed by atoms with Gasteiger partial charge in [0.25, 0.3) is 5.91 Å². The van der Waals surface area contributed by atoms with Gasteiger partial charge in [-0.05, 0) is 35.2 Å². The topological polar surface area (TPSA) is 64.0 Å². The molecule has 0 saturated heterocycles. The molecule has 12 heteroatoms. The zero-order valence-corrected chi connectivity index (χ0v) is 20.9. The van der Waals surface area contributed by atoms with Crippen LogP contribution in [-0.2, 0) is 11.0 Å². The third kappa shape index (κ3) is 5.57. The van der Waals surface area contributed by atoms with Gasteiger partial charge in [0.05, 0.1) is 47.2 Å². The van der Waals surface area contributed by atoms with Crippen molar-refractivity contribution in [1.82, 2.24) is 9.99 Å². The molecule has 4 rings (SSSR count). The number of hydrazone groups is 1. The van der Waals surface area contributed by atoms with Crippen LogP contribution in [0.25, 0.3) is 0 Å². The van der Waals surface area contributed by atoms with Crippen LogP contribution in [0.5, 0.6) is 11.5 Å². The number of halogens is 4. The van der Waals surface area contributed by atoms with Gasteiger partial charge in [0.15, 0.2) is 11.5 Å². The molecule has 35 heavy (non-hydrogen) atoms. The molecular weight excluding hydrogens is 523 g/mol. The molecule has 0 unspecified atom stereocenters. The van der Waals surface area contributed by atoms with E-state index in [2.05, 4.69) is 10.1 Å². The fourth-order valence-corrected chi connectivity index (χ4v) is 5.30. The number of nitrogens with zero attached hydrogens (tertiary/aromatic N) is 3. The molecule has 1 atom stereocenters. The van der Waals surface area contributed by atoms with Gasteiger partial charge < -0.3 is 9.47 Å². The fourth-order valence-electron chi connectivity index (χ4n) is 3.53. The Bertz CT molecular complexity index is 1250. The van der Waals surface area contributed by atoms with Crippen molar-refractivity contribution in [2.45, 2.75) is 23.7 Å². The lowest BCUT2D eigenvalue weighted by Crippen LogP contribution is -2.28. The van der Waals surface area contributed by atoms with Crippen molar-refractivity contribution in [3.8, 4) is 11.5 Å². The van der Waals surface area contributed by atoms with Crippen molar-refractivity contribution in [2.24, 2.45) is 5.10 Å². The third-order valence-electron chi connectivity index (χ3n) is 5.23. The van der Waals surface area contributed by atoms with E-state index >= 15 is 0 Å². The van der Waals surface area contributed by atoms with Crippen molar-refractivity contribution in [3.05, 3.63) is 69.0 Å². The molecule has 0 aliphatic carbocycles. The van der Waals surface area contributed by atoms with Gasteiger partial charge in [0.2, 0.25) is 0 Å². The van der Waals surface area contributed by atoms with Crippen LogP contribution in [-0.4, -0.2) is 41.6 Å². The summed E-state index contributed by atoms with van der Waals surface area (Å²) in [6.07, 6.45) is -3.36. The van der Waals surface area contributed by atoms with Crippen molar-refractivity contribution >= 4 is 46.3 Å². The first-order chi connectivity index (χ1) is 16.7. The molecule has 6 nitrogen and oxygen atoms in total. The molecule has 1 aliphatic rings. The number of pyridine rings is 1. The lowest BCUT2D eigenvalue weighted by Gasteiger charge is -2.23. The lowest BCUT2D eigenvalue weighted by molar-refractivity contribution is -0.138. The summed E-state index contributed by atoms with van der Waals surface area (Å²) in [7, 11) is 3.07. The smallest absolute Gasteiger partial charge is 0.417 e. The highest BCUT2D eigenvalue weighted by Crippen LogP contribution is 2.39. The minimum atomic E-state index is -4.55. The van der Waals surface area contributed by atoms with Crippen molar-refractivity contribution in [3.63, 3.8) is 0 Å². The van der Waals surface area contributed by atoms with Crippen LogP contribution in [0.2, 0.25) is 5.02 Å². The third-order valence-corrected chi connectivity index (χ3v) is 7.54. The molecule has 1 amide bonds. The predicted molar refractivity (Wildman–Crippen MR) is 130 cm³/mol. The molecule has 0 N–H and O–H groups in total. The van der Waals surface area contributed by atoms with Gasteiger partial charge in [-0.3, -0.25) is 4.79 Å². The second kappa shape index (κ2) is 10.5. The Morgan fingerprint density at radius 2 is 2.00 bits per heavy atom. The minimum Gasteiger partial charge on any atom is -0.493 e. The molecule has 0 spiro atoms. The van der Waals surface area contributed by atoms with Crippen LogP contribution in [0.15, 0.2) is 58.1 Å². The Balaban J connectivity index is 1.57. The number of thioether (sulfide) groups is 1. The Labute approximate surface area is 212 Å².